The van der Waals surface area contributed by atoms with Gasteiger partial charge in [0.15, 0.2) is 0 Å². The average Bonchev–Trinajstić information content (AvgIpc) is 2.62. The monoisotopic (exact) mass is 318 g/mol. The second-order valence-electron chi connectivity index (χ2n) is 6.56. The molecule has 0 bridgehead atoms. The number of carbonyl (C=O) groups excluding carboxylic acids is 1. The Kier molecular flexibility index (Phi) is 4.87. The molecular formula is C18H26N2O3. The average molecular weight is 318 g/mol. The highest BCUT2D eigenvalue weighted by atomic mass is 16.5. The highest BCUT2D eigenvalue weighted by Crippen LogP contribution is 2.36. The molecule has 5 nitrogen and oxygen atoms in total. The van der Waals surface area contributed by atoms with E-state index in [0.29, 0.717) is 6.61 Å². The highest BCUT2D eigenvalue weighted by molar-refractivity contribution is 5.88. The maximum absolute atomic E-state index is 13.3. The molecule has 1 atom stereocenters. The summed E-state index contributed by atoms with van der Waals surface area (Å²) in [6.45, 7) is 4.69. The lowest BCUT2D eigenvalue weighted by Crippen LogP contribution is -2.56. The van der Waals surface area contributed by atoms with E-state index in [-0.39, 0.29) is 5.91 Å². The molecule has 2 aliphatic heterocycles. The van der Waals surface area contributed by atoms with Gasteiger partial charge in [0.25, 0.3) is 0 Å². The molecule has 3 rings (SSSR count). The van der Waals surface area contributed by atoms with Crippen LogP contribution in [0, 0.1) is 0 Å². The summed E-state index contributed by atoms with van der Waals surface area (Å²) in [7, 11) is 3.76. The topological polar surface area (TPSA) is 42.0 Å². The number of carbonyl (C=O) groups is 1. The van der Waals surface area contributed by atoms with Gasteiger partial charge in [0.1, 0.15) is 5.75 Å². The minimum atomic E-state index is -0.541. The summed E-state index contributed by atoms with van der Waals surface area (Å²) < 4.78 is 11.0. The summed E-state index contributed by atoms with van der Waals surface area (Å²) in [5, 5.41) is 0. The molecule has 0 saturated carbocycles. The zero-order chi connectivity index (χ0) is 16.3. The zero-order valence-corrected chi connectivity index (χ0v) is 14.1. The van der Waals surface area contributed by atoms with Crippen molar-refractivity contribution in [2.24, 2.45) is 0 Å². The van der Waals surface area contributed by atoms with Crippen molar-refractivity contribution in [3.8, 4) is 5.75 Å². The van der Waals surface area contributed by atoms with Crippen molar-refractivity contribution in [3.63, 3.8) is 0 Å². The van der Waals surface area contributed by atoms with Gasteiger partial charge in [-0.2, -0.15) is 0 Å². The Balaban J connectivity index is 1.87. The number of piperazine rings is 1. The molecule has 1 unspecified atom stereocenters. The fourth-order valence-electron chi connectivity index (χ4n) is 3.54. The maximum Gasteiger partial charge on any atom is 0.235 e. The molecule has 5 heteroatoms. The van der Waals surface area contributed by atoms with E-state index >= 15 is 0 Å². The van der Waals surface area contributed by atoms with Crippen LogP contribution in [0.5, 0.6) is 5.75 Å². The van der Waals surface area contributed by atoms with Gasteiger partial charge in [0.2, 0.25) is 5.91 Å². The molecular weight excluding hydrogens is 292 g/mol. The van der Waals surface area contributed by atoms with Crippen LogP contribution in [0.2, 0.25) is 0 Å². The Morgan fingerprint density at radius 1 is 1.17 bits per heavy atom. The first-order chi connectivity index (χ1) is 11.2. The summed E-state index contributed by atoms with van der Waals surface area (Å²) in [5.74, 6) is 1.03. The summed E-state index contributed by atoms with van der Waals surface area (Å²) >= 11 is 0. The van der Waals surface area contributed by atoms with Crippen LogP contribution in [0.25, 0.3) is 0 Å². The number of hydrogen-bond acceptors (Lipinski definition) is 4. The SMILES string of the molecule is COc1ccc(C2(C(=O)N3CCN(C)CC3)CCCOC2)cc1. The van der Waals surface area contributed by atoms with Crippen molar-refractivity contribution in [1.82, 2.24) is 9.80 Å². The number of hydrogen-bond donors (Lipinski definition) is 0. The van der Waals surface area contributed by atoms with Crippen molar-refractivity contribution < 1.29 is 14.3 Å². The summed E-state index contributed by atoms with van der Waals surface area (Å²) in [6.07, 6.45) is 1.77. The first-order valence-electron chi connectivity index (χ1n) is 8.36. The van der Waals surface area contributed by atoms with Crippen molar-refractivity contribution in [3.05, 3.63) is 29.8 Å². The van der Waals surface area contributed by atoms with E-state index in [0.717, 1.165) is 56.9 Å². The van der Waals surface area contributed by atoms with Crippen molar-refractivity contribution in [2.75, 3.05) is 53.6 Å². The molecule has 0 spiro atoms. The number of likely N-dealkylation sites (N-methyl/N-ethyl adjacent to an activating group) is 1. The highest BCUT2D eigenvalue weighted by Gasteiger charge is 2.44. The molecule has 2 heterocycles. The first-order valence-corrected chi connectivity index (χ1v) is 8.36. The van der Waals surface area contributed by atoms with E-state index in [1.807, 2.05) is 29.2 Å². The molecule has 1 amide bonds. The predicted molar refractivity (Wildman–Crippen MR) is 88.8 cm³/mol. The molecule has 126 valence electrons. The van der Waals surface area contributed by atoms with E-state index in [1.165, 1.54) is 0 Å². The molecule has 23 heavy (non-hydrogen) atoms. The number of amides is 1. The molecule has 2 saturated heterocycles. The minimum absolute atomic E-state index is 0.218. The van der Waals surface area contributed by atoms with Crippen LogP contribution in [-0.4, -0.2) is 69.3 Å². The van der Waals surface area contributed by atoms with Crippen LogP contribution in [0.4, 0.5) is 0 Å². The molecule has 0 radical (unpaired) electrons. The van der Waals surface area contributed by atoms with Crippen LogP contribution in [0.15, 0.2) is 24.3 Å². The van der Waals surface area contributed by atoms with E-state index < -0.39 is 5.41 Å². The Labute approximate surface area is 138 Å². The van der Waals surface area contributed by atoms with Gasteiger partial charge in [-0.1, -0.05) is 12.1 Å². The summed E-state index contributed by atoms with van der Waals surface area (Å²) in [5.41, 5.74) is 0.502. The number of benzene rings is 1. The molecule has 0 aliphatic carbocycles. The largest absolute Gasteiger partial charge is 0.497 e. The third-order valence-corrected chi connectivity index (χ3v) is 5.08. The van der Waals surface area contributed by atoms with Crippen molar-refractivity contribution in [2.45, 2.75) is 18.3 Å². The van der Waals surface area contributed by atoms with Gasteiger partial charge in [0, 0.05) is 32.8 Å². The van der Waals surface area contributed by atoms with E-state index in [2.05, 4.69) is 11.9 Å². The smallest absolute Gasteiger partial charge is 0.235 e. The maximum atomic E-state index is 13.3. The van der Waals surface area contributed by atoms with Crippen LogP contribution in [0.3, 0.4) is 0 Å². The number of methoxy groups -OCH3 is 1. The second kappa shape index (κ2) is 6.89. The number of nitrogens with zero attached hydrogens (tertiary/aromatic N) is 2. The molecule has 1 aromatic carbocycles. The standard InChI is InChI=1S/C18H26N2O3/c1-19-9-11-20(12-10-19)17(21)18(8-3-13-23-14-18)15-4-6-16(22-2)7-5-15/h4-7H,3,8-14H2,1-2H3. The fourth-order valence-corrected chi connectivity index (χ4v) is 3.54. The van der Waals surface area contributed by atoms with Crippen LogP contribution >= 0.6 is 0 Å². The van der Waals surface area contributed by atoms with Crippen LogP contribution < -0.4 is 4.74 Å². The molecule has 2 aliphatic rings. The van der Waals surface area contributed by atoms with Gasteiger partial charge < -0.3 is 19.3 Å². The summed E-state index contributed by atoms with van der Waals surface area (Å²) in [4.78, 5) is 17.6. The van der Waals surface area contributed by atoms with E-state index in [1.54, 1.807) is 7.11 Å². The summed E-state index contributed by atoms with van der Waals surface area (Å²) in [6, 6.07) is 7.90. The van der Waals surface area contributed by atoms with E-state index in [4.69, 9.17) is 9.47 Å². The van der Waals surface area contributed by atoms with E-state index in [9.17, 15) is 4.79 Å². The zero-order valence-electron chi connectivity index (χ0n) is 14.1. The minimum Gasteiger partial charge on any atom is -0.497 e. The lowest BCUT2D eigenvalue weighted by Gasteiger charge is -2.42. The first kappa shape index (κ1) is 16.3. The van der Waals surface area contributed by atoms with Gasteiger partial charge in [0.05, 0.1) is 19.1 Å². The Morgan fingerprint density at radius 3 is 2.43 bits per heavy atom. The third-order valence-electron chi connectivity index (χ3n) is 5.08. The van der Waals surface area contributed by atoms with Gasteiger partial charge in [-0.15, -0.1) is 0 Å². The molecule has 1 aromatic rings. The molecule has 2 fully saturated rings. The Hall–Kier alpha value is -1.59. The second-order valence-corrected chi connectivity index (χ2v) is 6.56. The van der Waals surface area contributed by atoms with Crippen molar-refractivity contribution in [1.29, 1.82) is 0 Å². The van der Waals surface area contributed by atoms with Gasteiger partial charge in [-0.25, -0.2) is 0 Å². The van der Waals surface area contributed by atoms with Gasteiger partial charge in [-0.3, -0.25) is 4.79 Å². The Morgan fingerprint density at radius 2 is 1.87 bits per heavy atom. The predicted octanol–water partition coefficient (Wildman–Crippen LogP) is 1.52. The molecule has 0 aromatic heterocycles. The normalized spacial score (nSPS) is 26.1. The Bertz CT molecular complexity index is 530. The third kappa shape index (κ3) is 3.21. The lowest BCUT2D eigenvalue weighted by atomic mass is 9.74. The number of ether oxygens (including phenoxy) is 2. The number of rotatable bonds is 3. The fraction of sp³-hybridized carbons (Fsp3) is 0.611. The van der Waals surface area contributed by atoms with Crippen LogP contribution in [-0.2, 0) is 14.9 Å². The van der Waals surface area contributed by atoms with Crippen LogP contribution in [0.1, 0.15) is 18.4 Å². The quantitative estimate of drug-likeness (QED) is 0.847. The lowest BCUT2D eigenvalue weighted by molar-refractivity contribution is -0.144. The van der Waals surface area contributed by atoms with Gasteiger partial charge in [-0.05, 0) is 37.6 Å². The van der Waals surface area contributed by atoms with Gasteiger partial charge >= 0.3 is 0 Å². The molecule has 0 N–H and O–H groups in total. The van der Waals surface area contributed by atoms with Crippen molar-refractivity contribution >= 4 is 5.91 Å².